The zero-order valence-corrected chi connectivity index (χ0v) is 15.5. The highest BCUT2D eigenvalue weighted by molar-refractivity contribution is 9.09. The molecule has 122 valence electrons. The lowest BCUT2D eigenvalue weighted by Crippen LogP contribution is -2.40. The number of alkyl halides is 1. The lowest BCUT2D eigenvalue weighted by Gasteiger charge is -2.35. The second-order valence-electron chi connectivity index (χ2n) is 7.20. The molecule has 1 aliphatic heterocycles. The summed E-state index contributed by atoms with van der Waals surface area (Å²) in [5.74, 6) is 2.84. The van der Waals surface area contributed by atoms with E-state index in [-0.39, 0.29) is 5.54 Å². The van der Waals surface area contributed by atoms with Gasteiger partial charge in [-0.2, -0.15) is 0 Å². The van der Waals surface area contributed by atoms with Gasteiger partial charge in [-0.25, -0.2) is 0 Å². The molecule has 22 heavy (non-hydrogen) atoms. The lowest BCUT2D eigenvalue weighted by atomic mass is 9.98. The predicted molar refractivity (Wildman–Crippen MR) is 93.0 cm³/mol. The van der Waals surface area contributed by atoms with E-state index in [0.29, 0.717) is 10.7 Å². The molecule has 0 aromatic carbocycles. The third-order valence-corrected chi connectivity index (χ3v) is 5.83. The molecule has 2 heterocycles. The molecule has 1 atom stereocenters. The SMILES string of the molecule is Cn1c(C2CCCCCC2)nnc1C(C)(C)N1C=CC(Br)C1. The number of rotatable bonds is 3. The molecule has 5 heteroatoms. The molecule has 2 aliphatic rings. The molecular formula is C17H27BrN4. The van der Waals surface area contributed by atoms with Gasteiger partial charge >= 0.3 is 0 Å². The molecule has 1 aromatic rings. The van der Waals surface area contributed by atoms with Crippen molar-refractivity contribution in [1.82, 2.24) is 19.7 Å². The number of halogens is 1. The number of hydrogen-bond acceptors (Lipinski definition) is 3. The maximum atomic E-state index is 4.59. The smallest absolute Gasteiger partial charge is 0.158 e. The fourth-order valence-electron chi connectivity index (χ4n) is 3.82. The molecule has 1 saturated carbocycles. The van der Waals surface area contributed by atoms with Gasteiger partial charge in [-0.3, -0.25) is 0 Å². The van der Waals surface area contributed by atoms with Gasteiger partial charge in [0.2, 0.25) is 0 Å². The second kappa shape index (κ2) is 6.34. The predicted octanol–water partition coefficient (Wildman–Crippen LogP) is 4.08. The van der Waals surface area contributed by atoms with E-state index in [1.165, 1.54) is 44.3 Å². The van der Waals surface area contributed by atoms with Crippen LogP contribution in [0.1, 0.15) is 69.9 Å². The monoisotopic (exact) mass is 366 g/mol. The molecule has 0 amide bonds. The van der Waals surface area contributed by atoms with Crippen molar-refractivity contribution in [3.05, 3.63) is 23.9 Å². The highest BCUT2D eigenvalue weighted by atomic mass is 79.9. The number of nitrogens with zero attached hydrogens (tertiary/aromatic N) is 4. The standard InChI is InChI=1S/C17H27BrN4/c1-17(2,22-11-10-14(18)12-22)16-20-19-15(21(16)3)13-8-6-4-5-7-9-13/h10-11,13-14H,4-9,12H2,1-3H3. The van der Waals surface area contributed by atoms with E-state index in [1.807, 2.05) is 0 Å². The van der Waals surface area contributed by atoms with Crippen LogP contribution in [0, 0.1) is 0 Å². The van der Waals surface area contributed by atoms with Crippen LogP contribution in [0.25, 0.3) is 0 Å². The normalized spacial score (nSPS) is 24.0. The van der Waals surface area contributed by atoms with Gasteiger partial charge in [-0.1, -0.05) is 47.7 Å². The minimum atomic E-state index is -0.135. The van der Waals surface area contributed by atoms with Gasteiger partial charge in [0.05, 0.1) is 10.4 Å². The Morgan fingerprint density at radius 1 is 1.14 bits per heavy atom. The Hall–Kier alpha value is -0.840. The summed E-state index contributed by atoms with van der Waals surface area (Å²) in [5, 5.41) is 9.17. The summed E-state index contributed by atoms with van der Waals surface area (Å²) >= 11 is 3.67. The summed E-state index contributed by atoms with van der Waals surface area (Å²) in [6.45, 7) is 5.46. The summed E-state index contributed by atoms with van der Waals surface area (Å²) in [5.41, 5.74) is -0.135. The van der Waals surface area contributed by atoms with Crippen LogP contribution in [0.3, 0.4) is 0 Å². The molecular weight excluding hydrogens is 340 g/mol. The van der Waals surface area contributed by atoms with Crippen LogP contribution in [-0.4, -0.2) is 31.0 Å². The first-order valence-corrected chi connectivity index (χ1v) is 9.40. The average Bonchev–Trinajstić information content (AvgIpc) is 2.98. The van der Waals surface area contributed by atoms with Crippen LogP contribution in [0.2, 0.25) is 0 Å². The highest BCUT2D eigenvalue weighted by Gasteiger charge is 2.35. The minimum Gasteiger partial charge on any atom is -0.364 e. The van der Waals surface area contributed by atoms with Crippen molar-refractivity contribution in [2.75, 3.05) is 6.54 Å². The molecule has 0 spiro atoms. The Morgan fingerprint density at radius 2 is 1.82 bits per heavy atom. The maximum Gasteiger partial charge on any atom is 0.158 e. The van der Waals surface area contributed by atoms with Gasteiger partial charge in [-0.15, -0.1) is 10.2 Å². The quantitative estimate of drug-likeness (QED) is 0.596. The van der Waals surface area contributed by atoms with Crippen LogP contribution in [-0.2, 0) is 12.6 Å². The second-order valence-corrected chi connectivity index (χ2v) is 8.37. The molecule has 3 rings (SSSR count). The Morgan fingerprint density at radius 3 is 2.41 bits per heavy atom. The van der Waals surface area contributed by atoms with Crippen LogP contribution in [0.5, 0.6) is 0 Å². The molecule has 4 nitrogen and oxygen atoms in total. The molecule has 0 bridgehead atoms. The highest BCUT2D eigenvalue weighted by Crippen LogP contribution is 2.34. The molecule has 1 aliphatic carbocycles. The fraction of sp³-hybridized carbons (Fsp3) is 0.765. The lowest BCUT2D eigenvalue weighted by molar-refractivity contribution is 0.186. The molecule has 1 aromatic heterocycles. The van der Waals surface area contributed by atoms with E-state index in [1.54, 1.807) is 0 Å². The summed E-state index contributed by atoms with van der Waals surface area (Å²) in [4.78, 5) is 2.79. The van der Waals surface area contributed by atoms with Crippen LogP contribution in [0.4, 0.5) is 0 Å². The number of hydrogen-bond donors (Lipinski definition) is 0. The average molecular weight is 367 g/mol. The van der Waals surface area contributed by atoms with Gasteiger partial charge in [0, 0.05) is 19.5 Å². The molecule has 0 N–H and O–H groups in total. The molecule has 0 saturated heterocycles. The van der Waals surface area contributed by atoms with E-state index < -0.39 is 0 Å². The van der Waals surface area contributed by atoms with Crippen molar-refractivity contribution < 1.29 is 0 Å². The fourth-order valence-corrected chi connectivity index (χ4v) is 4.27. The van der Waals surface area contributed by atoms with E-state index in [4.69, 9.17) is 0 Å². The zero-order valence-electron chi connectivity index (χ0n) is 13.9. The van der Waals surface area contributed by atoms with Crippen LogP contribution < -0.4 is 0 Å². The van der Waals surface area contributed by atoms with Gasteiger partial charge in [0.25, 0.3) is 0 Å². The van der Waals surface area contributed by atoms with Crippen molar-refractivity contribution in [3.63, 3.8) is 0 Å². The molecule has 1 fully saturated rings. The summed E-state index contributed by atoms with van der Waals surface area (Å²) in [6, 6.07) is 0. The van der Waals surface area contributed by atoms with Crippen LogP contribution in [0.15, 0.2) is 12.3 Å². The Kier molecular flexibility index (Phi) is 4.62. The van der Waals surface area contributed by atoms with E-state index in [0.717, 1.165) is 12.4 Å². The minimum absolute atomic E-state index is 0.135. The van der Waals surface area contributed by atoms with Crippen molar-refractivity contribution in [2.45, 2.75) is 68.7 Å². The van der Waals surface area contributed by atoms with Crippen molar-refractivity contribution in [2.24, 2.45) is 7.05 Å². The summed E-state index contributed by atoms with van der Waals surface area (Å²) < 4.78 is 2.26. The topological polar surface area (TPSA) is 34.0 Å². The van der Waals surface area contributed by atoms with Crippen molar-refractivity contribution >= 4 is 15.9 Å². The maximum absolute atomic E-state index is 4.59. The third kappa shape index (κ3) is 2.97. The Balaban J connectivity index is 1.84. The van der Waals surface area contributed by atoms with E-state index in [2.05, 4.69) is 68.8 Å². The van der Waals surface area contributed by atoms with Crippen LogP contribution >= 0.6 is 15.9 Å². The Labute approximate surface area is 142 Å². The first-order chi connectivity index (χ1) is 10.5. The van der Waals surface area contributed by atoms with Gasteiger partial charge in [0.15, 0.2) is 5.82 Å². The molecule has 0 radical (unpaired) electrons. The van der Waals surface area contributed by atoms with Gasteiger partial charge in [-0.05, 0) is 32.9 Å². The molecule has 1 unspecified atom stereocenters. The zero-order chi connectivity index (χ0) is 15.7. The first-order valence-electron chi connectivity index (χ1n) is 8.49. The van der Waals surface area contributed by atoms with E-state index in [9.17, 15) is 0 Å². The Bertz CT molecular complexity index is 541. The van der Waals surface area contributed by atoms with E-state index >= 15 is 0 Å². The first kappa shape index (κ1) is 16.0. The van der Waals surface area contributed by atoms with Crippen molar-refractivity contribution in [1.29, 1.82) is 0 Å². The summed E-state index contributed by atoms with van der Waals surface area (Å²) in [6.07, 6.45) is 12.3. The third-order valence-electron chi connectivity index (χ3n) is 5.24. The largest absolute Gasteiger partial charge is 0.364 e. The van der Waals surface area contributed by atoms with Crippen molar-refractivity contribution in [3.8, 4) is 0 Å². The van der Waals surface area contributed by atoms with Gasteiger partial charge < -0.3 is 9.47 Å². The summed E-state index contributed by atoms with van der Waals surface area (Å²) in [7, 11) is 2.14. The number of aromatic nitrogens is 3. The van der Waals surface area contributed by atoms with Gasteiger partial charge in [0.1, 0.15) is 5.82 Å².